The number of aryl methyl sites for hydroxylation is 1. The minimum atomic E-state index is 0.102. The topological polar surface area (TPSA) is 38.9 Å². The van der Waals surface area contributed by atoms with E-state index < -0.39 is 0 Å². The number of nitrogens with zero attached hydrogens (tertiary/aromatic N) is 1. The summed E-state index contributed by atoms with van der Waals surface area (Å²) < 4.78 is 0. The first kappa shape index (κ1) is 13.3. The summed E-state index contributed by atoms with van der Waals surface area (Å²) in [5, 5.41) is 1.18. The van der Waals surface area contributed by atoms with Crippen LogP contribution in [0.25, 0.3) is 10.9 Å². The van der Waals surface area contributed by atoms with Crippen molar-refractivity contribution in [2.24, 2.45) is 5.73 Å². The average molecular weight is 266 g/mol. The summed E-state index contributed by atoms with van der Waals surface area (Å²) >= 11 is 0. The van der Waals surface area contributed by atoms with Crippen molar-refractivity contribution in [3.8, 4) is 0 Å². The molecule has 104 valence electrons. The third-order valence-corrected chi connectivity index (χ3v) is 4.15. The predicted octanol–water partition coefficient (Wildman–Crippen LogP) is 4.43. The van der Waals surface area contributed by atoms with Crippen molar-refractivity contribution in [3.05, 3.63) is 53.2 Å². The zero-order valence-corrected chi connectivity index (χ0v) is 12.1. The van der Waals surface area contributed by atoms with Gasteiger partial charge >= 0.3 is 0 Å². The van der Waals surface area contributed by atoms with E-state index >= 15 is 0 Å². The van der Waals surface area contributed by atoms with Gasteiger partial charge in [0.2, 0.25) is 0 Å². The predicted molar refractivity (Wildman–Crippen MR) is 84.6 cm³/mol. The molecule has 1 aromatic heterocycles. The molecule has 1 unspecified atom stereocenters. The van der Waals surface area contributed by atoms with Crippen molar-refractivity contribution in [3.63, 3.8) is 0 Å². The van der Waals surface area contributed by atoms with Crippen LogP contribution in [0.2, 0.25) is 0 Å². The maximum atomic E-state index is 6.39. The van der Waals surface area contributed by atoms with Crippen LogP contribution in [0, 0.1) is 6.92 Å². The van der Waals surface area contributed by atoms with Gasteiger partial charge in [-0.05, 0) is 62.8 Å². The first-order chi connectivity index (χ1) is 9.72. The number of hydrogen-bond donors (Lipinski definition) is 1. The molecule has 0 spiro atoms. The largest absolute Gasteiger partial charge is 0.324 e. The van der Waals surface area contributed by atoms with Crippen LogP contribution in [0.4, 0.5) is 0 Å². The van der Waals surface area contributed by atoms with Crippen molar-refractivity contribution in [2.75, 3.05) is 0 Å². The fourth-order valence-corrected chi connectivity index (χ4v) is 2.97. The number of fused-ring (bicyclic) bond motifs is 1. The third kappa shape index (κ3) is 2.91. The molecule has 0 bridgehead atoms. The Morgan fingerprint density at radius 2 is 2.10 bits per heavy atom. The molecule has 1 aromatic carbocycles. The lowest BCUT2D eigenvalue weighted by atomic mass is 9.91. The minimum Gasteiger partial charge on any atom is -0.324 e. The number of benzene rings is 1. The summed E-state index contributed by atoms with van der Waals surface area (Å²) in [6.07, 6.45) is 8.48. The van der Waals surface area contributed by atoms with Gasteiger partial charge in [0.1, 0.15) is 0 Å². The van der Waals surface area contributed by atoms with Gasteiger partial charge in [0.15, 0.2) is 0 Å². The van der Waals surface area contributed by atoms with Crippen LogP contribution >= 0.6 is 0 Å². The normalized spacial score (nSPS) is 17.0. The number of nitrogens with two attached hydrogens (primary N) is 1. The van der Waals surface area contributed by atoms with Gasteiger partial charge in [0, 0.05) is 17.1 Å². The molecule has 0 fully saturated rings. The van der Waals surface area contributed by atoms with Crippen LogP contribution in [-0.2, 0) is 0 Å². The summed E-state index contributed by atoms with van der Waals surface area (Å²) in [5.41, 5.74) is 11.2. The van der Waals surface area contributed by atoms with E-state index in [2.05, 4.69) is 41.4 Å². The number of aromatic nitrogens is 1. The third-order valence-electron chi connectivity index (χ3n) is 4.15. The Labute approximate surface area is 120 Å². The van der Waals surface area contributed by atoms with Crippen molar-refractivity contribution in [1.29, 1.82) is 0 Å². The molecule has 0 saturated heterocycles. The molecule has 0 saturated carbocycles. The fourth-order valence-electron chi connectivity index (χ4n) is 2.97. The minimum absolute atomic E-state index is 0.102. The van der Waals surface area contributed by atoms with Gasteiger partial charge < -0.3 is 5.73 Å². The summed E-state index contributed by atoms with van der Waals surface area (Å²) in [6, 6.07) is 10.7. The molecule has 0 radical (unpaired) electrons. The van der Waals surface area contributed by atoms with Gasteiger partial charge in [-0.1, -0.05) is 23.8 Å². The molecule has 2 heteroatoms. The van der Waals surface area contributed by atoms with E-state index in [1.165, 1.54) is 42.2 Å². The molecule has 1 aliphatic rings. The number of rotatable bonds is 3. The van der Waals surface area contributed by atoms with E-state index in [0.717, 1.165) is 17.6 Å². The Balaban J connectivity index is 1.82. The van der Waals surface area contributed by atoms with Crippen molar-refractivity contribution in [1.82, 2.24) is 4.98 Å². The van der Waals surface area contributed by atoms with E-state index in [1.54, 1.807) is 0 Å². The van der Waals surface area contributed by atoms with Gasteiger partial charge in [-0.3, -0.25) is 4.98 Å². The zero-order chi connectivity index (χ0) is 13.9. The molecule has 1 atom stereocenters. The molecule has 1 aliphatic carbocycles. The van der Waals surface area contributed by atoms with Crippen LogP contribution in [-0.4, -0.2) is 4.98 Å². The Bertz CT molecular complexity index is 643. The Morgan fingerprint density at radius 1 is 1.20 bits per heavy atom. The van der Waals surface area contributed by atoms with Crippen LogP contribution < -0.4 is 5.73 Å². The second-order valence-electron chi connectivity index (χ2n) is 5.82. The SMILES string of the molecule is Cc1ccc2cc(C(N)CC3=CCCCC3)ccc2n1. The molecule has 2 nitrogen and oxygen atoms in total. The van der Waals surface area contributed by atoms with Crippen LogP contribution in [0.3, 0.4) is 0 Å². The van der Waals surface area contributed by atoms with Gasteiger partial charge in [-0.15, -0.1) is 0 Å². The molecule has 2 N–H and O–H groups in total. The number of pyridine rings is 1. The van der Waals surface area contributed by atoms with E-state index in [-0.39, 0.29) is 6.04 Å². The average Bonchev–Trinajstić information content (AvgIpc) is 2.47. The Hall–Kier alpha value is -1.67. The van der Waals surface area contributed by atoms with E-state index in [4.69, 9.17) is 5.73 Å². The highest BCUT2D eigenvalue weighted by molar-refractivity contribution is 5.79. The molecule has 1 heterocycles. The second-order valence-corrected chi connectivity index (χ2v) is 5.82. The maximum Gasteiger partial charge on any atom is 0.0705 e. The molecular formula is C18H22N2. The molecular weight excluding hydrogens is 244 g/mol. The van der Waals surface area contributed by atoms with E-state index in [9.17, 15) is 0 Å². The lowest BCUT2D eigenvalue weighted by molar-refractivity contribution is 0.629. The Morgan fingerprint density at radius 3 is 2.90 bits per heavy atom. The maximum absolute atomic E-state index is 6.39. The van der Waals surface area contributed by atoms with Gasteiger partial charge in [0.05, 0.1) is 5.52 Å². The quantitative estimate of drug-likeness (QED) is 0.834. The van der Waals surface area contributed by atoms with Gasteiger partial charge in [-0.2, -0.15) is 0 Å². The highest BCUT2D eigenvalue weighted by Gasteiger charge is 2.11. The van der Waals surface area contributed by atoms with Gasteiger partial charge in [-0.25, -0.2) is 0 Å². The molecule has 3 rings (SSSR count). The van der Waals surface area contributed by atoms with Crippen molar-refractivity contribution >= 4 is 10.9 Å². The second kappa shape index (κ2) is 5.76. The van der Waals surface area contributed by atoms with Crippen LogP contribution in [0.15, 0.2) is 42.0 Å². The lowest BCUT2D eigenvalue weighted by Gasteiger charge is -2.18. The smallest absolute Gasteiger partial charge is 0.0705 e. The summed E-state index contributed by atoms with van der Waals surface area (Å²) in [7, 11) is 0. The molecule has 0 amide bonds. The first-order valence-electron chi connectivity index (χ1n) is 7.53. The summed E-state index contributed by atoms with van der Waals surface area (Å²) in [5.74, 6) is 0. The molecule has 0 aliphatic heterocycles. The van der Waals surface area contributed by atoms with Crippen molar-refractivity contribution in [2.45, 2.75) is 45.1 Å². The standard InChI is InChI=1S/C18H22N2/c1-13-7-8-16-12-15(9-10-18(16)20-13)17(19)11-14-5-3-2-4-6-14/h5,7-10,12,17H,2-4,6,11,19H2,1H3. The van der Waals surface area contributed by atoms with E-state index in [1.807, 2.05) is 6.92 Å². The highest BCUT2D eigenvalue weighted by Crippen LogP contribution is 2.27. The number of allylic oxidation sites excluding steroid dienone is 1. The van der Waals surface area contributed by atoms with Crippen LogP contribution in [0.1, 0.15) is 49.4 Å². The van der Waals surface area contributed by atoms with E-state index in [0.29, 0.717) is 0 Å². The summed E-state index contributed by atoms with van der Waals surface area (Å²) in [4.78, 5) is 4.54. The Kier molecular flexibility index (Phi) is 3.83. The first-order valence-corrected chi connectivity index (χ1v) is 7.53. The zero-order valence-electron chi connectivity index (χ0n) is 12.1. The number of hydrogen-bond acceptors (Lipinski definition) is 2. The molecule has 2 aromatic rings. The van der Waals surface area contributed by atoms with Crippen molar-refractivity contribution < 1.29 is 0 Å². The summed E-state index contributed by atoms with van der Waals surface area (Å²) in [6.45, 7) is 2.02. The van der Waals surface area contributed by atoms with Gasteiger partial charge in [0.25, 0.3) is 0 Å². The fraction of sp³-hybridized carbons (Fsp3) is 0.389. The highest BCUT2D eigenvalue weighted by atomic mass is 14.7. The monoisotopic (exact) mass is 266 g/mol. The van der Waals surface area contributed by atoms with Crippen LogP contribution in [0.5, 0.6) is 0 Å². The molecule has 20 heavy (non-hydrogen) atoms. The lowest BCUT2D eigenvalue weighted by Crippen LogP contribution is -2.12.